The van der Waals surface area contributed by atoms with Gasteiger partial charge in [-0.1, -0.05) is 0 Å². The van der Waals surface area contributed by atoms with Gasteiger partial charge in [-0.2, -0.15) is 0 Å². The summed E-state index contributed by atoms with van der Waals surface area (Å²) in [6.07, 6.45) is 4.63. The van der Waals surface area contributed by atoms with Crippen LogP contribution in [0.3, 0.4) is 0 Å². The third kappa shape index (κ3) is 5.83. The standard InChI is InChI=1S/C8H18N2.C6H11NO/c1-8(2)10-6-4-9(3)5-7-10;8-6-7-4-2-1-3-5-7/h8H,4-7H2,1-3H3;6H,1-5H2. The molecule has 2 heterocycles. The van der Waals surface area contributed by atoms with Crippen LogP contribution in [0.4, 0.5) is 0 Å². The number of carbonyl (C=O) groups excluding carboxylic acids is 1. The zero-order valence-electron chi connectivity index (χ0n) is 12.3. The van der Waals surface area contributed by atoms with Gasteiger partial charge in [0.2, 0.25) is 6.41 Å². The molecule has 0 saturated carbocycles. The van der Waals surface area contributed by atoms with Crippen molar-refractivity contribution in [2.45, 2.75) is 39.2 Å². The fourth-order valence-corrected chi connectivity index (χ4v) is 2.36. The minimum Gasteiger partial charge on any atom is -0.345 e. The Balaban J connectivity index is 0.000000184. The Bertz CT molecular complexity index is 219. The zero-order valence-corrected chi connectivity index (χ0v) is 12.3. The molecule has 4 nitrogen and oxygen atoms in total. The highest BCUT2D eigenvalue weighted by Gasteiger charge is 2.15. The van der Waals surface area contributed by atoms with Gasteiger partial charge >= 0.3 is 0 Å². The fourth-order valence-electron chi connectivity index (χ4n) is 2.36. The number of rotatable bonds is 2. The van der Waals surface area contributed by atoms with E-state index in [1.165, 1.54) is 45.4 Å². The molecule has 1 amide bonds. The van der Waals surface area contributed by atoms with Crippen LogP contribution in [-0.2, 0) is 4.79 Å². The summed E-state index contributed by atoms with van der Waals surface area (Å²) in [5.74, 6) is 0. The van der Waals surface area contributed by atoms with E-state index >= 15 is 0 Å². The maximum absolute atomic E-state index is 10.1. The van der Waals surface area contributed by atoms with Crippen LogP contribution in [-0.4, -0.2) is 73.5 Å². The maximum atomic E-state index is 10.1. The van der Waals surface area contributed by atoms with Crippen LogP contribution in [0.15, 0.2) is 0 Å². The third-order valence-corrected chi connectivity index (χ3v) is 3.81. The summed E-state index contributed by atoms with van der Waals surface area (Å²) in [6, 6.07) is 0.730. The molecule has 2 fully saturated rings. The molecule has 0 aromatic heterocycles. The van der Waals surface area contributed by atoms with Crippen molar-refractivity contribution >= 4 is 6.41 Å². The number of nitrogens with zero attached hydrogens (tertiary/aromatic N) is 3. The summed E-state index contributed by atoms with van der Waals surface area (Å²) in [5.41, 5.74) is 0. The quantitative estimate of drug-likeness (QED) is 0.695. The molecule has 0 unspecified atom stereocenters. The second-order valence-corrected chi connectivity index (χ2v) is 5.64. The summed E-state index contributed by atoms with van der Waals surface area (Å²) >= 11 is 0. The second kappa shape index (κ2) is 8.48. The van der Waals surface area contributed by atoms with E-state index in [9.17, 15) is 4.79 Å². The first-order valence-corrected chi connectivity index (χ1v) is 7.25. The number of likely N-dealkylation sites (N-methyl/N-ethyl adjacent to an activating group) is 1. The van der Waals surface area contributed by atoms with Gasteiger partial charge in [-0.3, -0.25) is 9.69 Å². The van der Waals surface area contributed by atoms with Gasteiger partial charge in [-0.15, -0.1) is 0 Å². The van der Waals surface area contributed by atoms with Crippen molar-refractivity contribution < 1.29 is 4.79 Å². The highest BCUT2D eigenvalue weighted by molar-refractivity contribution is 5.46. The van der Waals surface area contributed by atoms with E-state index in [1.54, 1.807) is 0 Å². The number of piperidine rings is 1. The van der Waals surface area contributed by atoms with E-state index in [1.807, 2.05) is 4.90 Å². The van der Waals surface area contributed by atoms with Crippen molar-refractivity contribution in [2.75, 3.05) is 46.3 Å². The molecular formula is C14H29N3O. The van der Waals surface area contributed by atoms with E-state index in [0.717, 1.165) is 25.5 Å². The lowest BCUT2D eigenvalue weighted by Crippen LogP contribution is -2.47. The minimum absolute atomic E-state index is 0.730. The maximum Gasteiger partial charge on any atom is 0.209 e. The minimum atomic E-state index is 0.730. The van der Waals surface area contributed by atoms with Gasteiger partial charge in [0.15, 0.2) is 0 Å². The Morgan fingerprint density at radius 1 is 0.889 bits per heavy atom. The average molecular weight is 255 g/mol. The van der Waals surface area contributed by atoms with Crippen molar-refractivity contribution in [3.63, 3.8) is 0 Å². The SMILES string of the molecule is CC(C)N1CCN(C)CC1.O=CN1CCCCC1. The molecule has 0 aliphatic carbocycles. The van der Waals surface area contributed by atoms with Crippen molar-refractivity contribution in [1.29, 1.82) is 0 Å². The zero-order chi connectivity index (χ0) is 13.4. The van der Waals surface area contributed by atoms with Crippen molar-refractivity contribution in [1.82, 2.24) is 14.7 Å². The predicted molar refractivity (Wildman–Crippen MR) is 75.7 cm³/mol. The molecule has 0 bridgehead atoms. The smallest absolute Gasteiger partial charge is 0.209 e. The normalized spacial score (nSPS) is 22.6. The Morgan fingerprint density at radius 2 is 1.44 bits per heavy atom. The molecule has 2 aliphatic rings. The molecule has 0 spiro atoms. The number of amides is 1. The summed E-state index contributed by atoms with van der Waals surface area (Å²) in [5, 5.41) is 0. The molecule has 2 rings (SSSR count). The topological polar surface area (TPSA) is 26.8 Å². The molecule has 4 heteroatoms. The first-order valence-electron chi connectivity index (χ1n) is 7.25. The highest BCUT2D eigenvalue weighted by Crippen LogP contribution is 2.05. The molecule has 0 aromatic carbocycles. The number of likely N-dealkylation sites (tertiary alicyclic amines) is 1. The molecule has 0 atom stereocenters. The van der Waals surface area contributed by atoms with Crippen molar-refractivity contribution in [2.24, 2.45) is 0 Å². The first kappa shape index (κ1) is 15.4. The van der Waals surface area contributed by atoms with Gasteiger partial charge in [-0.25, -0.2) is 0 Å². The van der Waals surface area contributed by atoms with Crippen LogP contribution in [0.1, 0.15) is 33.1 Å². The van der Waals surface area contributed by atoms with Gasteiger partial charge < -0.3 is 9.80 Å². The predicted octanol–water partition coefficient (Wildman–Crippen LogP) is 1.27. The number of hydrogen-bond donors (Lipinski definition) is 0. The summed E-state index contributed by atoms with van der Waals surface area (Å²) in [6.45, 7) is 11.4. The van der Waals surface area contributed by atoms with Crippen molar-refractivity contribution in [3.8, 4) is 0 Å². The highest BCUT2D eigenvalue weighted by atomic mass is 16.1. The summed E-state index contributed by atoms with van der Waals surface area (Å²) in [4.78, 5) is 16.8. The Hall–Kier alpha value is -0.610. The largest absolute Gasteiger partial charge is 0.345 e. The Labute approximate surface area is 112 Å². The fraction of sp³-hybridized carbons (Fsp3) is 0.929. The van der Waals surface area contributed by atoms with Crippen LogP contribution in [0.2, 0.25) is 0 Å². The number of carbonyl (C=O) groups is 1. The third-order valence-electron chi connectivity index (χ3n) is 3.81. The molecule has 18 heavy (non-hydrogen) atoms. The van der Waals surface area contributed by atoms with Crippen molar-refractivity contribution in [3.05, 3.63) is 0 Å². The Kier molecular flexibility index (Phi) is 7.28. The molecule has 0 N–H and O–H groups in total. The van der Waals surface area contributed by atoms with E-state index in [4.69, 9.17) is 0 Å². The lowest BCUT2D eigenvalue weighted by molar-refractivity contribution is -0.118. The first-order chi connectivity index (χ1) is 8.63. The van der Waals surface area contributed by atoms with E-state index in [2.05, 4.69) is 30.7 Å². The van der Waals surface area contributed by atoms with E-state index in [-0.39, 0.29) is 0 Å². The van der Waals surface area contributed by atoms with Gasteiger partial charge in [0.25, 0.3) is 0 Å². The monoisotopic (exact) mass is 255 g/mol. The van der Waals surface area contributed by atoms with E-state index in [0.29, 0.717) is 0 Å². The summed E-state index contributed by atoms with van der Waals surface area (Å²) < 4.78 is 0. The lowest BCUT2D eigenvalue weighted by Gasteiger charge is -2.34. The van der Waals surface area contributed by atoms with Crippen LogP contribution in [0.5, 0.6) is 0 Å². The average Bonchev–Trinajstić information content (AvgIpc) is 2.41. The van der Waals surface area contributed by atoms with Gasteiger partial charge in [-0.05, 0) is 40.2 Å². The molecule has 0 aromatic rings. The van der Waals surface area contributed by atoms with Gasteiger partial charge in [0.05, 0.1) is 0 Å². The molecule has 106 valence electrons. The van der Waals surface area contributed by atoms with Crippen LogP contribution >= 0.6 is 0 Å². The van der Waals surface area contributed by atoms with Gasteiger partial charge in [0.1, 0.15) is 0 Å². The molecular weight excluding hydrogens is 226 g/mol. The molecule has 2 aliphatic heterocycles. The van der Waals surface area contributed by atoms with Crippen LogP contribution in [0, 0.1) is 0 Å². The Morgan fingerprint density at radius 3 is 1.83 bits per heavy atom. The van der Waals surface area contributed by atoms with Crippen LogP contribution < -0.4 is 0 Å². The summed E-state index contributed by atoms with van der Waals surface area (Å²) in [7, 11) is 2.19. The number of piperazine rings is 1. The number of hydrogen-bond acceptors (Lipinski definition) is 3. The molecule has 0 radical (unpaired) electrons. The lowest BCUT2D eigenvalue weighted by atomic mass is 10.1. The van der Waals surface area contributed by atoms with Crippen LogP contribution in [0.25, 0.3) is 0 Å². The van der Waals surface area contributed by atoms with E-state index < -0.39 is 0 Å². The second-order valence-electron chi connectivity index (χ2n) is 5.64. The van der Waals surface area contributed by atoms with Gasteiger partial charge in [0, 0.05) is 45.3 Å². The molecule has 2 saturated heterocycles.